The minimum Gasteiger partial charge on any atom is -0.322 e. The van der Waals surface area contributed by atoms with Crippen LogP contribution >= 0.6 is 0 Å². The van der Waals surface area contributed by atoms with Gasteiger partial charge in [-0.15, -0.1) is 0 Å². The Morgan fingerprint density at radius 2 is 1.84 bits per heavy atom. The predicted octanol–water partition coefficient (Wildman–Crippen LogP) is 2.99. The number of benzene rings is 2. The normalized spacial score (nSPS) is 9.95. The molecule has 1 N–H and O–H groups in total. The van der Waals surface area contributed by atoms with Gasteiger partial charge in [0.25, 0.3) is 11.6 Å². The monoisotopic (exact) mass is 260 g/mol. The Balaban J connectivity index is 2.13. The van der Waals surface area contributed by atoms with E-state index in [9.17, 15) is 19.3 Å². The van der Waals surface area contributed by atoms with Gasteiger partial charge in [0, 0.05) is 23.4 Å². The van der Waals surface area contributed by atoms with E-state index >= 15 is 0 Å². The number of rotatable bonds is 3. The second kappa shape index (κ2) is 5.26. The molecule has 0 unspecified atom stereocenters. The Labute approximate surface area is 107 Å². The lowest BCUT2D eigenvalue weighted by Crippen LogP contribution is -2.11. The van der Waals surface area contributed by atoms with Crippen LogP contribution in [0.15, 0.2) is 48.5 Å². The molecule has 6 heteroatoms. The van der Waals surface area contributed by atoms with E-state index in [0.717, 1.165) is 6.07 Å². The second-order valence-corrected chi connectivity index (χ2v) is 3.77. The van der Waals surface area contributed by atoms with Crippen molar-refractivity contribution in [2.75, 3.05) is 5.32 Å². The van der Waals surface area contributed by atoms with Crippen molar-refractivity contribution in [3.05, 3.63) is 70.0 Å². The molecular formula is C13H9FN2O3. The first-order valence-electron chi connectivity index (χ1n) is 5.37. The van der Waals surface area contributed by atoms with Gasteiger partial charge in [-0.2, -0.15) is 0 Å². The average Bonchev–Trinajstić information content (AvgIpc) is 2.39. The van der Waals surface area contributed by atoms with E-state index in [1.54, 1.807) is 0 Å². The highest BCUT2D eigenvalue weighted by atomic mass is 19.1. The number of hydrogen-bond acceptors (Lipinski definition) is 3. The molecule has 2 aromatic carbocycles. The average molecular weight is 260 g/mol. The third-order valence-electron chi connectivity index (χ3n) is 2.42. The number of nitro benzene ring substituents is 1. The number of carbonyl (C=O) groups excluding carboxylic acids is 1. The SMILES string of the molecule is O=C(Nc1ccc([N+](=O)[O-])cc1)c1cccc(F)c1. The summed E-state index contributed by atoms with van der Waals surface area (Å²) in [6.45, 7) is 0. The van der Waals surface area contributed by atoms with Crippen molar-refractivity contribution in [1.29, 1.82) is 0 Å². The number of non-ortho nitro benzene ring substituents is 1. The number of anilines is 1. The maximum Gasteiger partial charge on any atom is 0.269 e. The summed E-state index contributed by atoms with van der Waals surface area (Å²) in [6, 6.07) is 10.6. The Kier molecular flexibility index (Phi) is 3.51. The van der Waals surface area contributed by atoms with Gasteiger partial charge < -0.3 is 5.32 Å². The molecule has 0 bridgehead atoms. The van der Waals surface area contributed by atoms with E-state index < -0.39 is 16.6 Å². The zero-order valence-corrected chi connectivity index (χ0v) is 9.67. The van der Waals surface area contributed by atoms with Gasteiger partial charge in [-0.3, -0.25) is 14.9 Å². The summed E-state index contributed by atoms with van der Waals surface area (Å²) >= 11 is 0. The van der Waals surface area contributed by atoms with Crippen LogP contribution in [-0.2, 0) is 0 Å². The number of halogens is 1. The molecule has 0 fully saturated rings. The largest absolute Gasteiger partial charge is 0.322 e. The van der Waals surface area contributed by atoms with Crippen molar-refractivity contribution >= 4 is 17.3 Å². The molecule has 0 spiro atoms. The summed E-state index contributed by atoms with van der Waals surface area (Å²) in [4.78, 5) is 21.7. The highest BCUT2D eigenvalue weighted by Crippen LogP contribution is 2.16. The van der Waals surface area contributed by atoms with E-state index in [1.807, 2.05) is 0 Å². The molecule has 0 aliphatic heterocycles. The van der Waals surface area contributed by atoms with Crippen molar-refractivity contribution in [1.82, 2.24) is 0 Å². The van der Waals surface area contributed by atoms with Crippen molar-refractivity contribution in [2.45, 2.75) is 0 Å². The third kappa shape index (κ3) is 3.12. The molecule has 19 heavy (non-hydrogen) atoms. The van der Waals surface area contributed by atoms with Crippen molar-refractivity contribution in [2.24, 2.45) is 0 Å². The highest BCUT2D eigenvalue weighted by molar-refractivity contribution is 6.04. The van der Waals surface area contributed by atoms with Crippen LogP contribution in [0.1, 0.15) is 10.4 Å². The van der Waals surface area contributed by atoms with Gasteiger partial charge in [0.2, 0.25) is 0 Å². The smallest absolute Gasteiger partial charge is 0.269 e. The Morgan fingerprint density at radius 3 is 2.42 bits per heavy atom. The molecule has 1 amide bonds. The van der Waals surface area contributed by atoms with E-state index in [0.29, 0.717) is 5.69 Å². The summed E-state index contributed by atoms with van der Waals surface area (Å²) in [5, 5.41) is 13.0. The van der Waals surface area contributed by atoms with Crippen LogP contribution < -0.4 is 5.32 Å². The fourth-order valence-corrected chi connectivity index (χ4v) is 1.50. The van der Waals surface area contributed by atoms with E-state index in [2.05, 4.69) is 5.32 Å². The fourth-order valence-electron chi connectivity index (χ4n) is 1.50. The first-order valence-corrected chi connectivity index (χ1v) is 5.37. The van der Waals surface area contributed by atoms with Crippen LogP contribution in [0.4, 0.5) is 15.8 Å². The zero-order chi connectivity index (χ0) is 13.8. The number of nitro groups is 1. The quantitative estimate of drug-likeness (QED) is 0.681. The van der Waals surface area contributed by atoms with Gasteiger partial charge in [0.05, 0.1) is 4.92 Å². The molecule has 96 valence electrons. The molecule has 0 aliphatic rings. The minimum atomic E-state index is -0.530. The maximum atomic E-state index is 13.0. The molecule has 0 radical (unpaired) electrons. The van der Waals surface area contributed by atoms with Crippen LogP contribution in [0.25, 0.3) is 0 Å². The lowest BCUT2D eigenvalue weighted by Gasteiger charge is -2.04. The summed E-state index contributed by atoms with van der Waals surface area (Å²) in [7, 11) is 0. The standard InChI is InChI=1S/C13H9FN2O3/c14-10-3-1-2-9(8-10)13(17)15-11-4-6-12(7-5-11)16(18)19/h1-8H,(H,15,17). The van der Waals surface area contributed by atoms with Crippen molar-refractivity contribution < 1.29 is 14.1 Å². The summed E-state index contributed by atoms with van der Waals surface area (Å²) in [5.41, 5.74) is 0.516. The van der Waals surface area contributed by atoms with E-state index in [-0.39, 0.29) is 11.3 Å². The van der Waals surface area contributed by atoms with Crippen LogP contribution in [0.5, 0.6) is 0 Å². The number of hydrogen-bond donors (Lipinski definition) is 1. The topological polar surface area (TPSA) is 72.2 Å². The third-order valence-corrected chi connectivity index (χ3v) is 2.42. The van der Waals surface area contributed by atoms with Gasteiger partial charge in [0.1, 0.15) is 5.82 Å². The number of amides is 1. The fraction of sp³-hybridized carbons (Fsp3) is 0. The van der Waals surface area contributed by atoms with Crippen LogP contribution in [0.3, 0.4) is 0 Å². The maximum absolute atomic E-state index is 13.0. The second-order valence-electron chi connectivity index (χ2n) is 3.77. The number of nitrogens with zero attached hydrogens (tertiary/aromatic N) is 1. The molecule has 0 heterocycles. The highest BCUT2D eigenvalue weighted by Gasteiger charge is 2.08. The van der Waals surface area contributed by atoms with Gasteiger partial charge in [-0.25, -0.2) is 4.39 Å². The van der Waals surface area contributed by atoms with E-state index in [4.69, 9.17) is 0 Å². The lowest BCUT2D eigenvalue weighted by atomic mass is 10.2. The van der Waals surface area contributed by atoms with Gasteiger partial charge in [-0.05, 0) is 30.3 Å². The first-order chi connectivity index (χ1) is 9.06. The molecule has 0 aliphatic carbocycles. The van der Waals surface area contributed by atoms with Crippen molar-refractivity contribution in [3.63, 3.8) is 0 Å². The summed E-state index contributed by atoms with van der Waals surface area (Å²) < 4.78 is 13.0. The zero-order valence-electron chi connectivity index (χ0n) is 9.67. The first kappa shape index (κ1) is 12.7. The summed E-state index contributed by atoms with van der Waals surface area (Å²) in [5.74, 6) is -0.982. The molecule has 2 aromatic rings. The molecular weight excluding hydrogens is 251 g/mol. The molecule has 2 rings (SSSR count). The van der Waals surface area contributed by atoms with Gasteiger partial charge >= 0.3 is 0 Å². The molecule has 0 saturated heterocycles. The molecule has 0 saturated carbocycles. The Morgan fingerprint density at radius 1 is 1.16 bits per heavy atom. The van der Waals surface area contributed by atoms with Crippen molar-refractivity contribution in [3.8, 4) is 0 Å². The molecule has 5 nitrogen and oxygen atoms in total. The van der Waals surface area contributed by atoms with E-state index in [1.165, 1.54) is 42.5 Å². The Hall–Kier alpha value is -2.76. The minimum absolute atomic E-state index is 0.0660. The predicted molar refractivity (Wildman–Crippen MR) is 67.4 cm³/mol. The van der Waals surface area contributed by atoms with Crippen LogP contribution in [0.2, 0.25) is 0 Å². The summed E-state index contributed by atoms with van der Waals surface area (Å²) in [6.07, 6.45) is 0. The van der Waals surface area contributed by atoms with Gasteiger partial charge in [0.15, 0.2) is 0 Å². The van der Waals surface area contributed by atoms with Crippen LogP contribution in [-0.4, -0.2) is 10.8 Å². The lowest BCUT2D eigenvalue weighted by molar-refractivity contribution is -0.384. The molecule has 0 atom stereocenters. The Bertz CT molecular complexity index is 626. The molecule has 0 aromatic heterocycles. The number of nitrogens with one attached hydrogen (secondary N) is 1. The number of carbonyl (C=O) groups is 1. The van der Waals surface area contributed by atoms with Crippen LogP contribution in [0, 0.1) is 15.9 Å². The van der Waals surface area contributed by atoms with Gasteiger partial charge in [-0.1, -0.05) is 6.07 Å².